The van der Waals surface area contributed by atoms with E-state index >= 15 is 0 Å². The van der Waals surface area contributed by atoms with E-state index in [0.29, 0.717) is 0 Å². The van der Waals surface area contributed by atoms with Gasteiger partial charge in [0.15, 0.2) is 0 Å². The van der Waals surface area contributed by atoms with Crippen LogP contribution in [0.25, 0.3) is 0 Å². The van der Waals surface area contributed by atoms with Gasteiger partial charge in [0.2, 0.25) is 0 Å². The Morgan fingerprint density at radius 2 is 0.900 bits per heavy atom. The van der Waals surface area contributed by atoms with Gasteiger partial charge < -0.3 is 13.1 Å². The minimum absolute atomic E-state index is 0. The Balaban J connectivity index is -0.0000000112. The predicted octanol–water partition coefficient (Wildman–Crippen LogP) is 0.616. The molecule has 0 fully saturated rings. The van der Waals surface area contributed by atoms with E-state index in [9.17, 15) is 0 Å². The molecule has 0 spiro atoms. The molecule has 0 aliphatic rings. The minimum Gasteiger partial charge on any atom is -1.00 e. The van der Waals surface area contributed by atoms with Crippen LogP contribution in [-0.2, 0) is 32.7 Å². The molecule has 0 aromatic carbocycles. The third-order valence-electron chi connectivity index (χ3n) is 0. The Bertz CT molecular complexity index is 39.0. The van der Waals surface area contributed by atoms with Crippen molar-refractivity contribution in [3.63, 3.8) is 0 Å². The molecule has 0 aromatic heterocycles. The van der Waals surface area contributed by atoms with Gasteiger partial charge in [0.1, 0.15) is 0 Å². The zero-order valence-electron chi connectivity index (χ0n) is 9.33. The Morgan fingerprint density at radius 1 is 0.900 bits per heavy atom. The summed E-state index contributed by atoms with van der Waals surface area (Å²) in [6, 6.07) is 0. The van der Waals surface area contributed by atoms with Crippen LogP contribution in [-0.4, -0.2) is 32.5 Å². The van der Waals surface area contributed by atoms with Crippen LogP contribution in [0.2, 0.25) is 0 Å². The summed E-state index contributed by atoms with van der Waals surface area (Å²) in [5.74, 6) is 0. The number of hydrogen-bond acceptors (Lipinski definition) is 2. The van der Waals surface area contributed by atoms with E-state index in [2.05, 4.69) is 0 Å². The molecular weight excluding hydrogens is 202 g/mol. The van der Waals surface area contributed by atoms with Gasteiger partial charge in [-0.25, -0.2) is 0 Å². The summed E-state index contributed by atoms with van der Waals surface area (Å²) in [6.07, 6.45) is -0.333. The molecule has 0 atom stereocenters. The van der Waals surface area contributed by atoms with Crippen molar-refractivity contribution in [1.29, 1.82) is 0 Å². The van der Waals surface area contributed by atoms with Crippen molar-refractivity contribution in [3.8, 4) is 0 Å². The number of hydrogen-bond donors (Lipinski definition) is 2. The zero-order chi connectivity index (χ0) is 7.15. The van der Waals surface area contributed by atoms with Crippen molar-refractivity contribution in [2.24, 2.45) is 0 Å². The summed E-state index contributed by atoms with van der Waals surface area (Å²) in [7, 11) is 0. The third-order valence-corrected chi connectivity index (χ3v) is 0. The fourth-order valence-corrected chi connectivity index (χ4v) is 0. The van der Waals surface area contributed by atoms with E-state index in [0.717, 1.165) is 0 Å². The van der Waals surface area contributed by atoms with Crippen molar-refractivity contribution in [1.82, 2.24) is 0 Å². The first-order valence-corrected chi connectivity index (χ1v) is 2.83. The topological polar surface area (TPSA) is 40.5 Å². The van der Waals surface area contributed by atoms with Crippen LogP contribution in [0.5, 0.6) is 0 Å². The van der Waals surface area contributed by atoms with Gasteiger partial charge in [-0.15, -0.1) is 0 Å². The number of aliphatic hydroxyl groups excluding tert-OH is 2. The molecule has 10 heavy (non-hydrogen) atoms. The Hall–Kier alpha value is 1.19. The first-order valence-electron chi connectivity index (χ1n) is 2.83. The van der Waals surface area contributed by atoms with Crippen molar-refractivity contribution < 1.29 is 45.8 Å². The Kier molecular flexibility index (Phi) is 37.4. The van der Waals surface area contributed by atoms with Crippen molar-refractivity contribution >= 4 is 10.1 Å². The molecule has 0 aromatic rings. The van der Waals surface area contributed by atoms with Gasteiger partial charge in [-0.05, 0) is 27.7 Å². The molecule has 0 rings (SSSR count). The number of aliphatic hydroxyl groups is 2. The summed E-state index contributed by atoms with van der Waals surface area (Å²) in [5, 5.41) is 16.1. The molecule has 2 N–H and O–H groups in total. The first-order chi connectivity index (χ1) is 3.46. The van der Waals surface area contributed by atoms with E-state index in [1.165, 1.54) is 0 Å². The monoisotopic (exact) mass is 220 g/mol. The van der Waals surface area contributed by atoms with E-state index < -0.39 is 0 Å². The van der Waals surface area contributed by atoms with E-state index in [1.54, 1.807) is 27.7 Å². The minimum atomic E-state index is -0.167. The molecule has 0 saturated heterocycles. The normalized spacial score (nSPS) is 7.20. The summed E-state index contributed by atoms with van der Waals surface area (Å²) in [4.78, 5) is 0. The Labute approximate surface area is 95.5 Å². The first kappa shape index (κ1) is 22.5. The van der Waals surface area contributed by atoms with Crippen LogP contribution in [0.4, 0.5) is 0 Å². The van der Waals surface area contributed by atoms with Gasteiger partial charge in [0.05, 0.1) is 0 Å². The average molecular weight is 220 g/mol. The van der Waals surface area contributed by atoms with Crippen LogP contribution in [0, 0.1) is 0 Å². The largest absolute Gasteiger partial charge is 2.00 e. The van der Waals surface area contributed by atoms with E-state index in [1.807, 2.05) is 0 Å². The fraction of sp³-hybridized carbons (Fsp3) is 1.00. The molecule has 59 valence electrons. The van der Waals surface area contributed by atoms with Crippen LogP contribution in [0.1, 0.15) is 30.5 Å². The van der Waals surface area contributed by atoms with Crippen molar-refractivity contribution in [2.45, 2.75) is 39.9 Å². The molecule has 0 unspecified atom stereocenters. The van der Waals surface area contributed by atoms with Crippen LogP contribution in [0.15, 0.2) is 0 Å². The van der Waals surface area contributed by atoms with Crippen LogP contribution in [0.3, 0.4) is 0 Å². The second-order valence-electron chi connectivity index (χ2n) is 2.19. The van der Waals surface area contributed by atoms with Gasteiger partial charge in [0.25, 0.3) is 0 Å². The van der Waals surface area contributed by atoms with E-state index in [4.69, 9.17) is 10.2 Å². The van der Waals surface area contributed by atoms with Gasteiger partial charge in [-0.1, -0.05) is 0 Å². The maximum absolute atomic E-state index is 8.06. The molecule has 0 heterocycles. The van der Waals surface area contributed by atoms with Crippen LogP contribution < -0.4 is 0 Å². The van der Waals surface area contributed by atoms with Crippen LogP contribution >= 0.6 is 0 Å². The molecule has 0 bridgehead atoms. The maximum atomic E-state index is 8.06. The second kappa shape index (κ2) is 16.6. The quantitative estimate of drug-likeness (QED) is 0.587. The Morgan fingerprint density at radius 3 is 0.900 bits per heavy atom. The summed E-state index contributed by atoms with van der Waals surface area (Å²) in [5.41, 5.74) is 0. The SMILES string of the molecule is CC(C)O.CC(C)O.[Be+2].[H-].[H-].[Y]. The number of rotatable bonds is 0. The summed E-state index contributed by atoms with van der Waals surface area (Å²) < 4.78 is 0. The molecule has 0 aliphatic carbocycles. The second-order valence-corrected chi connectivity index (χ2v) is 2.19. The van der Waals surface area contributed by atoms with Crippen molar-refractivity contribution in [3.05, 3.63) is 0 Å². The van der Waals surface area contributed by atoms with E-state index in [-0.39, 0.29) is 57.9 Å². The molecule has 0 saturated carbocycles. The van der Waals surface area contributed by atoms with Gasteiger partial charge in [0, 0.05) is 44.9 Å². The molecule has 0 aliphatic heterocycles. The van der Waals surface area contributed by atoms with Gasteiger partial charge in [-0.3, -0.25) is 0 Å². The molecule has 2 nitrogen and oxygen atoms in total. The molecular formula is C6H18BeO2Y. The smallest absolute Gasteiger partial charge is 1.00 e. The standard InChI is InChI=1S/2C3H8O.Be.Y.2H/c2*1-3(2)4;;;;/h2*3-4H,1-2H3;;;;/q;;+2;;2*-1. The maximum Gasteiger partial charge on any atom is 2.00 e. The molecule has 4 heteroatoms. The molecule has 1 radical (unpaired) electrons. The van der Waals surface area contributed by atoms with Gasteiger partial charge >= 0.3 is 10.1 Å². The zero-order valence-corrected chi connectivity index (χ0v) is 10.2. The van der Waals surface area contributed by atoms with Crippen molar-refractivity contribution in [2.75, 3.05) is 0 Å². The van der Waals surface area contributed by atoms with Gasteiger partial charge in [-0.2, -0.15) is 0 Å². The third kappa shape index (κ3) is 434. The fourth-order valence-electron chi connectivity index (χ4n) is 0. The summed E-state index contributed by atoms with van der Waals surface area (Å²) >= 11 is 0. The molecule has 0 amide bonds. The summed E-state index contributed by atoms with van der Waals surface area (Å²) in [6.45, 7) is 6.89. The average Bonchev–Trinajstić information content (AvgIpc) is 1.25. The predicted molar refractivity (Wildman–Crippen MR) is 42.7 cm³/mol.